The van der Waals surface area contributed by atoms with Gasteiger partial charge in [0.05, 0.1) is 0 Å². The smallest absolute Gasteiger partial charge is 0.118 e. The Kier molecular flexibility index (Phi) is 2.60. The molecule has 11 heavy (non-hydrogen) atoms. The van der Waals surface area contributed by atoms with E-state index in [1.807, 2.05) is 6.20 Å². The summed E-state index contributed by atoms with van der Waals surface area (Å²) in [5, 5.41) is 0. The third-order valence-corrected chi connectivity index (χ3v) is 2.00. The lowest BCUT2D eigenvalue weighted by Crippen LogP contribution is -2.06. The summed E-state index contributed by atoms with van der Waals surface area (Å²) in [6.45, 7) is 6.38. The maximum absolute atomic E-state index is 4.24. The monoisotopic (exact) mass is 170 g/mol. The van der Waals surface area contributed by atoms with Gasteiger partial charge in [0.1, 0.15) is 5.82 Å². The highest BCUT2D eigenvalue weighted by molar-refractivity contribution is 7.79. The van der Waals surface area contributed by atoms with Crippen molar-refractivity contribution in [3.63, 3.8) is 0 Å². The van der Waals surface area contributed by atoms with Gasteiger partial charge in [-0.3, -0.25) is 0 Å². The van der Waals surface area contributed by atoms with Crippen molar-refractivity contribution < 1.29 is 0 Å². The van der Waals surface area contributed by atoms with Crippen LogP contribution in [0.1, 0.15) is 31.4 Å². The lowest BCUT2D eigenvalue weighted by molar-refractivity contribution is 0.567. The fourth-order valence-electron chi connectivity index (χ4n) is 1.32. The van der Waals surface area contributed by atoms with Crippen LogP contribution in [0.5, 0.6) is 0 Å². The molecule has 0 aliphatic heterocycles. The number of hydrogen-bond donors (Lipinski definition) is 1. The van der Waals surface area contributed by atoms with E-state index in [0.717, 1.165) is 5.82 Å². The zero-order valence-corrected chi connectivity index (χ0v) is 8.10. The molecule has 0 radical (unpaired) electrons. The van der Waals surface area contributed by atoms with Crippen LogP contribution in [-0.2, 0) is 5.75 Å². The molecule has 0 aliphatic rings. The second-order valence-electron chi connectivity index (χ2n) is 2.94. The van der Waals surface area contributed by atoms with Crippen LogP contribution in [0.4, 0.5) is 0 Å². The van der Waals surface area contributed by atoms with E-state index >= 15 is 0 Å². The maximum atomic E-state index is 4.24. The Hall–Kier alpha value is -0.440. The lowest BCUT2D eigenvalue weighted by atomic mass is 10.3. The number of imidazole rings is 1. The summed E-state index contributed by atoms with van der Waals surface area (Å²) < 4.78 is 2.20. The SMILES string of the molecule is Cc1cnc(CS)n1C(C)C. The predicted molar refractivity (Wildman–Crippen MR) is 50.0 cm³/mol. The van der Waals surface area contributed by atoms with E-state index in [-0.39, 0.29) is 0 Å². The van der Waals surface area contributed by atoms with Crippen molar-refractivity contribution in [3.05, 3.63) is 17.7 Å². The molecule has 0 saturated carbocycles. The van der Waals surface area contributed by atoms with Gasteiger partial charge in [0, 0.05) is 23.7 Å². The van der Waals surface area contributed by atoms with Crippen molar-refractivity contribution in [2.45, 2.75) is 32.6 Å². The molecule has 3 heteroatoms. The highest BCUT2D eigenvalue weighted by Crippen LogP contribution is 2.13. The molecule has 2 nitrogen and oxygen atoms in total. The standard InChI is InChI=1S/C8H14N2S/c1-6(2)10-7(3)4-9-8(10)5-11/h4,6,11H,5H2,1-3H3. The predicted octanol–water partition coefficient (Wildman–Crippen LogP) is 2.20. The van der Waals surface area contributed by atoms with Crippen molar-refractivity contribution in [3.8, 4) is 0 Å². The highest BCUT2D eigenvalue weighted by Gasteiger charge is 2.06. The summed E-state index contributed by atoms with van der Waals surface area (Å²) in [7, 11) is 0. The van der Waals surface area contributed by atoms with E-state index in [2.05, 4.69) is 43.0 Å². The van der Waals surface area contributed by atoms with Crippen LogP contribution < -0.4 is 0 Å². The number of nitrogens with zero attached hydrogens (tertiary/aromatic N) is 2. The van der Waals surface area contributed by atoms with Crippen molar-refractivity contribution in [1.29, 1.82) is 0 Å². The highest BCUT2D eigenvalue weighted by atomic mass is 32.1. The quantitative estimate of drug-likeness (QED) is 0.674. The summed E-state index contributed by atoms with van der Waals surface area (Å²) in [6.07, 6.45) is 1.89. The Morgan fingerprint density at radius 2 is 2.27 bits per heavy atom. The minimum Gasteiger partial charge on any atom is -0.329 e. The van der Waals surface area contributed by atoms with Crippen molar-refractivity contribution in [2.24, 2.45) is 0 Å². The molecule has 1 heterocycles. The zero-order valence-electron chi connectivity index (χ0n) is 7.20. The van der Waals surface area contributed by atoms with Gasteiger partial charge in [-0.25, -0.2) is 4.98 Å². The molecule has 0 saturated heterocycles. The molecule has 0 N–H and O–H groups in total. The minimum absolute atomic E-state index is 0.486. The molecule has 0 aliphatic carbocycles. The van der Waals surface area contributed by atoms with Gasteiger partial charge in [-0.1, -0.05) is 0 Å². The van der Waals surface area contributed by atoms with Gasteiger partial charge in [0.2, 0.25) is 0 Å². The molecule has 0 atom stereocenters. The number of rotatable bonds is 2. The Morgan fingerprint density at radius 1 is 1.64 bits per heavy atom. The Bertz CT molecular complexity index is 240. The second kappa shape index (κ2) is 3.30. The van der Waals surface area contributed by atoms with Crippen LogP contribution in [-0.4, -0.2) is 9.55 Å². The number of thiol groups is 1. The molecule has 0 bridgehead atoms. The van der Waals surface area contributed by atoms with Crippen LogP contribution in [0, 0.1) is 6.92 Å². The zero-order chi connectivity index (χ0) is 8.43. The van der Waals surface area contributed by atoms with Crippen LogP contribution in [0.15, 0.2) is 6.20 Å². The topological polar surface area (TPSA) is 17.8 Å². The van der Waals surface area contributed by atoms with E-state index in [0.29, 0.717) is 11.8 Å². The lowest BCUT2D eigenvalue weighted by Gasteiger charge is -2.12. The van der Waals surface area contributed by atoms with E-state index < -0.39 is 0 Å². The molecular weight excluding hydrogens is 156 g/mol. The molecular formula is C8H14N2S. The first-order valence-corrected chi connectivity index (χ1v) is 4.43. The molecule has 0 spiro atoms. The van der Waals surface area contributed by atoms with Gasteiger partial charge in [0.25, 0.3) is 0 Å². The van der Waals surface area contributed by atoms with E-state index in [9.17, 15) is 0 Å². The normalized spacial score (nSPS) is 11.0. The Balaban J connectivity index is 3.07. The van der Waals surface area contributed by atoms with Crippen LogP contribution in [0.25, 0.3) is 0 Å². The van der Waals surface area contributed by atoms with E-state index in [1.165, 1.54) is 5.69 Å². The summed E-state index contributed by atoms with van der Waals surface area (Å²) in [5.74, 6) is 1.77. The number of hydrogen-bond acceptors (Lipinski definition) is 2. The fourth-order valence-corrected chi connectivity index (χ4v) is 1.55. The third kappa shape index (κ3) is 1.59. The first-order chi connectivity index (χ1) is 5.16. The van der Waals surface area contributed by atoms with Gasteiger partial charge >= 0.3 is 0 Å². The molecule has 0 aromatic carbocycles. The molecule has 0 amide bonds. The molecule has 0 unspecified atom stereocenters. The summed E-state index contributed by atoms with van der Waals surface area (Å²) in [5.41, 5.74) is 1.21. The van der Waals surface area contributed by atoms with Gasteiger partial charge in [-0.05, 0) is 20.8 Å². The molecule has 0 fully saturated rings. The van der Waals surface area contributed by atoms with Gasteiger partial charge in [-0.2, -0.15) is 12.6 Å². The summed E-state index contributed by atoms with van der Waals surface area (Å²) >= 11 is 4.20. The van der Waals surface area contributed by atoms with Crippen molar-refractivity contribution >= 4 is 12.6 Å². The number of aryl methyl sites for hydroxylation is 1. The minimum atomic E-state index is 0.486. The van der Waals surface area contributed by atoms with Crippen LogP contribution in [0.3, 0.4) is 0 Å². The third-order valence-electron chi connectivity index (χ3n) is 1.72. The van der Waals surface area contributed by atoms with E-state index in [4.69, 9.17) is 0 Å². The maximum Gasteiger partial charge on any atom is 0.118 e. The van der Waals surface area contributed by atoms with E-state index in [1.54, 1.807) is 0 Å². The van der Waals surface area contributed by atoms with Gasteiger partial charge in [-0.15, -0.1) is 0 Å². The largest absolute Gasteiger partial charge is 0.329 e. The van der Waals surface area contributed by atoms with Crippen molar-refractivity contribution in [2.75, 3.05) is 0 Å². The molecule has 1 rings (SSSR count). The van der Waals surface area contributed by atoms with Crippen LogP contribution >= 0.6 is 12.6 Å². The summed E-state index contributed by atoms with van der Waals surface area (Å²) in [4.78, 5) is 4.24. The average Bonchev–Trinajstić information content (AvgIpc) is 2.30. The molecule has 1 aromatic heterocycles. The summed E-state index contributed by atoms with van der Waals surface area (Å²) in [6, 6.07) is 0.486. The second-order valence-corrected chi connectivity index (χ2v) is 3.25. The Morgan fingerprint density at radius 3 is 2.64 bits per heavy atom. The average molecular weight is 170 g/mol. The molecule has 1 aromatic rings. The van der Waals surface area contributed by atoms with Crippen LogP contribution in [0.2, 0.25) is 0 Å². The first-order valence-electron chi connectivity index (χ1n) is 3.80. The fraction of sp³-hybridized carbons (Fsp3) is 0.625. The van der Waals surface area contributed by atoms with Gasteiger partial charge in [0.15, 0.2) is 0 Å². The van der Waals surface area contributed by atoms with Gasteiger partial charge < -0.3 is 4.57 Å². The molecule has 62 valence electrons. The number of aromatic nitrogens is 2. The first kappa shape index (κ1) is 8.65. The Labute approximate surface area is 73.0 Å². The van der Waals surface area contributed by atoms with Crippen molar-refractivity contribution in [1.82, 2.24) is 9.55 Å².